The highest BCUT2D eigenvalue weighted by atomic mass is 32.2. The minimum Gasteiger partial charge on any atom is -0.468 e. The van der Waals surface area contributed by atoms with Crippen LogP contribution in [0.2, 0.25) is 0 Å². The summed E-state index contributed by atoms with van der Waals surface area (Å²) in [5.74, 6) is 1.68. The highest BCUT2D eigenvalue weighted by Crippen LogP contribution is 2.18. The second kappa shape index (κ2) is 3.25. The third-order valence-electron chi connectivity index (χ3n) is 1.58. The Bertz CT molecular complexity index is 140. The quantitative estimate of drug-likeness (QED) is 0.512. The number of nitrogens with zero attached hydrogens (tertiary/aromatic N) is 1. The molecule has 1 atom stereocenters. The van der Waals surface area contributed by atoms with Crippen LogP contribution in [0.25, 0.3) is 0 Å². The van der Waals surface area contributed by atoms with Crippen LogP contribution in [0.5, 0.6) is 0 Å². The normalized spacial score (nSPS) is 26.8. The Morgan fingerprint density at radius 3 is 2.90 bits per heavy atom. The van der Waals surface area contributed by atoms with Crippen LogP contribution in [-0.4, -0.2) is 42.7 Å². The lowest BCUT2D eigenvalue weighted by Crippen LogP contribution is -2.35. The molecule has 0 radical (unpaired) electrons. The van der Waals surface area contributed by atoms with Gasteiger partial charge >= 0.3 is 5.97 Å². The maximum atomic E-state index is 10.9. The van der Waals surface area contributed by atoms with Crippen molar-refractivity contribution >= 4 is 17.7 Å². The molecule has 3 nitrogen and oxygen atoms in total. The van der Waals surface area contributed by atoms with Gasteiger partial charge in [-0.3, -0.25) is 9.69 Å². The maximum Gasteiger partial charge on any atom is 0.323 e. The number of likely N-dealkylation sites (N-methyl/N-ethyl adjacent to an activating group) is 1. The molecule has 0 aromatic carbocycles. The zero-order chi connectivity index (χ0) is 7.56. The first-order chi connectivity index (χ1) is 4.75. The Morgan fingerprint density at radius 2 is 2.50 bits per heavy atom. The molecule has 0 spiro atoms. The lowest BCUT2D eigenvalue weighted by molar-refractivity contribution is -0.144. The van der Waals surface area contributed by atoms with Crippen molar-refractivity contribution in [2.45, 2.75) is 6.04 Å². The van der Waals surface area contributed by atoms with Crippen LogP contribution in [0.3, 0.4) is 0 Å². The van der Waals surface area contributed by atoms with Gasteiger partial charge in [-0.2, -0.15) is 0 Å². The molecule has 0 bridgehead atoms. The van der Waals surface area contributed by atoms with Crippen molar-refractivity contribution in [3.8, 4) is 0 Å². The van der Waals surface area contributed by atoms with Gasteiger partial charge in [-0.25, -0.2) is 0 Å². The van der Waals surface area contributed by atoms with E-state index in [0.29, 0.717) is 0 Å². The van der Waals surface area contributed by atoms with Crippen molar-refractivity contribution in [2.24, 2.45) is 0 Å². The largest absolute Gasteiger partial charge is 0.468 e. The zero-order valence-electron chi connectivity index (χ0n) is 6.16. The highest BCUT2D eigenvalue weighted by molar-refractivity contribution is 7.99. The predicted molar refractivity (Wildman–Crippen MR) is 40.9 cm³/mol. The van der Waals surface area contributed by atoms with E-state index in [9.17, 15) is 4.79 Å². The number of hydrogen-bond donors (Lipinski definition) is 0. The van der Waals surface area contributed by atoms with E-state index in [-0.39, 0.29) is 12.0 Å². The Hall–Kier alpha value is -0.220. The summed E-state index contributed by atoms with van der Waals surface area (Å²) in [5.41, 5.74) is 0. The van der Waals surface area contributed by atoms with Crippen molar-refractivity contribution in [3.63, 3.8) is 0 Å². The van der Waals surface area contributed by atoms with Gasteiger partial charge < -0.3 is 4.74 Å². The summed E-state index contributed by atoms with van der Waals surface area (Å²) < 4.78 is 4.61. The number of rotatable bonds is 1. The van der Waals surface area contributed by atoms with Gasteiger partial charge in [0.2, 0.25) is 0 Å². The van der Waals surface area contributed by atoms with Crippen molar-refractivity contribution in [2.75, 3.05) is 25.8 Å². The number of carbonyl (C=O) groups is 1. The fraction of sp³-hybridized carbons (Fsp3) is 0.833. The van der Waals surface area contributed by atoms with Crippen LogP contribution >= 0.6 is 11.8 Å². The average Bonchev–Trinajstić information content (AvgIpc) is 2.34. The predicted octanol–water partition coefficient (Wildman–Crippen LogP) is 0.164. The molecular formula is C6H11NO2S. The molecule has 1 fully saturated rings. The molecule has 4 heteroatoms. The Morgan fingerprint density at radius 1 is 1.80 bits per heavy atom. The third kappa shape index (κ3) is 1.44. The van der Waals surface area contributed by atoms with Gasteiger partial charge in [-0.05, 0) is 7.05 Å². The Labute approximate surface area is 64.7 Å². The van der Waals surface area contributed by atoms with E-state index in [1.165, 1.54) is 7.11 Å². The topological polar surface area (TPSA) is 29.5 Å². The third-order valence-corrected chi connectivity index (χ3v) is 2.72. The van der Waals surface area contributed by atoms with E-state index in [4.69, 9.17) is 0 Å². The summed E-state index contributed by atoms with van der Waals surface area (Å²) in [6, 6.07) is -0.0185. The van der Waals surface area contributed by atoms with E-state index >= 15 is 0 Å². The lowest BCUT2D eigenvalue weighted by Gasteiger charge is -2.14. The van der Waals surface area contributed by atoms with Gasteiger partial charge in [0.05, 0.1) is 7.11 Å². The van der Waals surface area contributed by atoms with Crippen LogP contribution in [-0.2, 0) is 9.53 Å². The average molecular weight is 161 g/mol. The molecule has 1 aliphatic rings. The first-order valence-electron chi connectivity index (χ1n) is 3.11. The molecule has 1 unspecified atom stereocenters. The fourth-order valence-corrected chi connectivity index (χ4v) is 2.10. The molecule has 1 saturated heterocycles. The van der Waals surface area contributed by atoms with Crippen molar-refractivity contribution in [1.82, 2.24) is 4.90 Å². The summed E-state index contributed by atoms with van der Waals surface area (Å²) in [5, 5.41) is 0. The summed E-state index contributed by atoms with van der Waals surface area (Å²) in [4.78, 5) is 12.9. The number of methoxy groups -OCH3 is 1. The van der Waals surface area contributed by atoms with E-state index in [2.05, 4.69) is 4.74 Å². The number of ether oxygens (including phenoxy) is 1. The van der Waals surface area contributed by atoms with Gasteiger partial charge in [0, 0.05) is 11.6 Å². The number of carbonyl (C=O) groups excluding carboxylic acids is 1. The molecule has 0 amide bonds. The molecule has 1 heterocycles. The SMILES string of the molecule is COC(=O)C1CSCN1C. The monoisotopic (exact) mass is 161 g/mol. The van der Waals surface area contributed by atoms with Crippen LogP contribution in [0, 0.1) is 0 Å². The first-order valence-corrected chi connectivity index (χ1v) is 4.27. The molecule has 0 aliphatic carbocycles. The fourth-order valence-electron chi connectivity index (χ4n) is 0.910. The molecule has 0 aromatic heterocycles. The van der Waals surface area contributed by atoms with E-state index < -0.39 is 0 Å². The lowest BCUT2D eigenvalue weighted by atomic mass is 10.3. The Balaban J connectivity index is 2.46. The van der Waals surface area contributed by atoms with Gasteiger partial charge in [0.25, 0.3) is 0 Å². The standard InChI is InChI=1S/C6H11NO2S/c1-7-4-10-3-5(7)6(8)9-2/h5H,3-4H2,1-2H3. The molecule has 1 aliphatic heterocycles. The molecule has 1 rings (SSSR count). The molecule has 10 heavy (non-hydrogen) atoms. The molecule has 58 valence electrons. The first kappa shape index (κ1) is 7.88. The van der Waals surface area contributed by atoms with Crippen molar-refractivity contribution in [1.29, 1.82) is 0 Å². The molecule has 0 saturated carbocycles. The van der Waals surface area contributed by atoms with Gasteiger partial charge in [0.15, 0.2) is 0 Å². The van der Waals surface area contributed by atoms with E-state index in [1.54, 1.807) is 11.8 Å². The van der Waals surface area contributed by atoms with Gasteiger partial charge in [-0.1, -0.05) is 0 Å². The number of hydrogen-bond acceptors (Lipinski definition) is 4. The summed E-state index contributed by atoms with van der Waals surface area (Å²) in [6.45, 7) is 0. The smallest absolute Gasteiger partial charge is 0.323 e. The number of thioether (sulfide) groups is 1. The number of esters is 1. The van der Waals surface area contributed by atoms with E-state index in [0.717, 1.165) is 11.6 Å². The van der Waals surface area contributed by atoms with Crippen LogP contribution < -0.4 is 0 Å². The zero-order valence-corrected chi connectivity index (χ0v) is 6.98. The van der Waals surface area contributed by atoms with Crippen molar-refractivity contribution < 1.29 is 9.53 Å². The molecule has 0 aromatic rings. The molecule has 0 N–H and O–H groups in total. The van der Waals surface area contributed by atoms with Crippen molar-refractivity contribution in [3.05, 3.63) is 0 Å². The second-order valence-electron chi connectivity index (χ2n) is 2.30. The minimum absolute atomic E-state index is 0.0185. The Kier molecular flexibility index (Phi) is 2.56. The highest BCUT2D eigenvalue weighted by Gasteiger charge is 2.28. The van der Waals surface area contributed by atoms with Gasteiger partial charge in [-0.15, -0.1) is 11.8 Å². The second-order valence-corrected chi connectivity index (χ2v) is 3.30. The molecular weight excluding hydrogens is 150 g/mol. The summed E-state index contributed by atoms with van der Waals surface area (Å²) in [6.07, 6.45) is 0. The van der Waals surface area contributed by atoms with Crippen LogP contribution in [0.1, 0.15) is 0 Å². The van der Waals surface area contributed by atoms with Crippen LogP contribution in [0.4, 0.5) is 0 Å². The van der Waals surface area contributed by atoms with E-state index in [1.807, 2.05) is 11.9 Å². The summed E-state index contributed by atoms with van der Waals surface area (Å²) >= 11 is 1.76. The maximum absolute atomic E-state index is 10.9. The van der Waals surface area contributed by atoms with Gasteiger partial charge in [0.1, 0.15) is 6.04 Å². The summed E-state index contributed by atoms with van der Waals surface area (Å²) in [7, 11) is 3.36. The minimum atomic E-state index is -0.118. The van der Waals surface area contributed by atoms with Crippen LogP contribution in [0.15, 0.2) is 0 Å².